The van der Waals surface area contributed by atoms with E-state index in [4.69, 9.17) is 5.11 Å². The van der Waals surface area contributed by atoms with Crippen molar-refractivity contribution in [2.24, 2.45) is 5.41 Å². The van der Waals surface area contributed by atoms with Crippen LogP contribution in [-0.4, -0.2) is 33.4 Å². The van der Waals surface area contributed by atoms with Crippen molar-refractivity contribution in [2.45, 2.75) is 44.9 Å². The fraction of sp³-hybridized carbons (Fsp3) is 0.769. The van der Waals surface area contributed by atoms with E-state index in [2.05, 4.69) is 41.3 Å². The van der Waals surface area contributed by atoms with E-state index in [1.165, 1.54) is 12.8 Å². The number of rotatable bonds is 3. The van der Waals surface area contributed by atoms with Crippen molar-refractivity contribution in [1.29, 1.82) is 0 Å². The summed E-state index contributed by atoms with van der Waals surface area (Å²) in [5.41, 5.74) is 2.52. The molecule has 98 valence electrons. The molecule has 1 fully saturated rings. The first kappa shape index (κ1) is 11.8. The Morgan fingerprint density at radius 1 is 1.33 bits per heavy atom. The summed E-state index contributed by atoms with van der Waals surface area (Å²) < 4.78 is 0. The highest BCUT2D eigenvalue weighted by atomic mass is 16.3. The van der Waals surface area contributed by atoms with E-state index < -0.39 is 0 Å². The summed E-state index contributed by atoms with van der Waals surface area (Å²) in [4.78, 5) is 4.65. The predicted molar refractivity (Wildman–Crippen MR) is 68.5 cm³/mol. The van der Waals surface area contributed by atoms with Gasteiger partial charge in [0.25, 0.3) is 0 Å². The number of anilines is 1. The molecule has 2 bridgehead atoms. The van der Waals surface area contributed by atoms with E-state index in [0.717, 1.165) is 11.4 Å². The van der Waals surface area contributed by atoms with Gasteiger partial charge in [-0.05, 0) is 18.3 Å². The average molecular weight is 248 g/mol. The smallest absolute Gasteiger partial charge is 0.243 e. The molecule has 2 N–H and O–H groups in total. The third-order valence-electron chi connectivity index (χ3n) is 5.19. The Balaban J connectivity index is 2.02. The lowest BCUT2D eigenvalue weighted by molar-refractivity contribution is 0.227. The maximum atomic E-state index is 8.82. The van der Waals surface area contributed by atoms with Gasteiger partial charge >= 0.3 is 0 Å². The van der Waals surface area contributed by atoms with Crippen LogP contribution in [0.1, 0.15) is 50.9 Å². The van der Waals surface area contributed by atoms with Crippen molar-refractivity contribution in [3.8, 4) is 0 Å². The topological polar surface area (TPSA) is 70.9 Å². The molecule has 0 saturated heterocycles. The van der Waals surface area contributed by atoms with Crippen LogP contribution in [0, 0.1) is 5.41 Å². The normalized spacial score (nSPS) is 31.4. The van der Waals surface area contributed by atoms with Gasteiger partial charge in [0.1, 0.15) is 0 Å². The van der Waals surface area contributed by atoms with Crippen molar-refractivity contribution in [2.75, 3.05) is 18.5 Å². The molecule has 0 radical (unpaired) electrons. The molecule has 1 aromatic heterocycles. The molecule has 2 aliphatic rings. The molecule has 2 atom stereocenters. The lowest BCUT2D eigenvalue weighted by Crippen LogP contribution is -2.32. The lowest BCUT2D eigenvalue weighted by atomic mass is 9.70. The minimum atomic E-state index is 0.0752. The van der Waals surface area contributed by atoms with Gasteiger partial charge in [-0.15, -0.1) is 10.2 Å². The van der Waals surface area contributed by atoms with Crippen molar-refractivity contribution in [3.63, 3.8) is 0 Å². The number of hydrogen-bond acceptors (Lipinski definition) is 5. The molecule has 0 aliphatic heterocycles. The maximum absolute atomic E-state index is 8.82. The maximum Gasteiger partial charge on any atom is 0.243 e. The summed E-state index contributed by atoms with van der Waals surface area (Å²) in [5, 5.41) is 20.3. The van der Waals surface area contributed by atoms with Crippen molar-refractivity contribution in [3.05, 3.63) is 11.4 Å². The lowest BCUT2D eigenvalue weighted by Gasteiger charge is -2.33. The highest BCUT2D eigenvalue weighted by Gasteiger charge is 2.61. The number of nitrogens with zero attached hydrogens (tertiary/aromatic N) is 3. The zero-order valence-corrected chi connectivity index (χ0v) is 11.2. The summed E-state index contributed by atoms with van der Waals surface area (Å²) in [6.07, 6.45) is 2.37. The number of fused-ring (bicyclic) bond motifs is 5. The predicted octanol–water partition coefficient (Wildman–Crippen LogP) is 1.45. The van der Waals surface area contributed by atoms with Crippen LogP contribution in [0.3, 0.4) is 0 Å². The molecule has 1 aromatic rings. The second-order valence-corrected chi connectivity index (χ2v) is 6.16. The monoisotopic (exact) mass is 248 g/mol. The Morgan fingerprint density at radius 2 is 2.11 bits per heavy atom. The van der Waals surface area contributed by atoms with Gasteiger partial charge in [-0.2, -0.15) is 0 Å². The van der Waals surface area contributed by atoms with E-state index in [-0.39, 0.29) is 17.4 Å². The molecule has 3 rings (SSSR count). The fourth-order valence-corrected chi connectivity index (χ4v) is 3.62. The Labute approximate surface area is 107 Å². The van der Waals surface area contributed by atoms with Gasteiger partial charge < -0.3 is 10.4 Å². The van der Waals surface area contributed by atoms with E-state index >= 15 is 0 Å². The molecule has 0 aromatic carbocycles. The second-order valence-electron chi connectivity index (χ2n) is 6.16. The Kier molecular flexibility index (Phi) is 2.39. The van der Waals surface area contributed by atoms with Crippen LogP contribution in [0.4, 0.5) is 5.95 Å². The van der Waals surface area contributed by atoms with Crippen molar-refractivity contribution < 1.29 is 5.11 Å². The number of nitrogens with one attached hydrogen (secondary N) is 1. The minimum absolute atomic E-state index is 0.0752. The van der Waals surface area contributed by atoms with Crippen LogP contribution >= 0.6 is 0 Å². The molecule has 5 heteroatoms. The molecular weight excluding hydrogens is 228 g/mol. The number of aromatic nitrogens is 3. The van der Waals surface area contributed by atoms with Gasteiger partial charge in [0.05, 0.1) is 18.0 Å². The van der Waals surface area contributed by atoms with Crippen LogP contribution < -0.4 is 5.32 Å². The van der Waals surface area contributed by atoms with Gasteiger partial charge in [0.2, 0.25) is 5.95 Å². The highest BCUT2D eigenvalue weighted by molar-refractivity contribution is 5.43. The number of aliphatic hydroxyl groups is 1. The second kappa shape index (κ2) is 3.63. The largest absolute Gasteiger partial charge is 0.395 e. The third kappa shape index (κ3) is 1.28. The standard InChI is InChI=1S/C13H20N4O/c1-12(2)8-4-5-13(12,3)10-9(8)16-17-11(15-10)14-6-7-18/h8,18H,4-7H2,1-3H3,(H,14,15,17)/t8-,13+/m1/s1. The van der Waals surface area contributed by atoms with Crippen LogP contribution in [0.5, 0.6) is 0 Å². The molecule has 2 aliphatic carbocycles. The minimum Gasteiger partial charge on any atom is -0.395 e. The van der Waals surface area contributed by atoms with Gasteiger partial charge in [0.15, 0.2) is 0 Å². The summed E-state index contributed by atoms with van der Waals surface area (Å²) in [6, 6.07) is 0. The first-order valence-electron chi connectivity index (χ1n) is 6.60. The zero-order chi connectivity index (χ0) is 13.0. The number of hydrogen-bond donors (Lipinski definition) is 2. The molecule has 0 unspecified atom stereocenters. The average Bonchev–Trinajstić information content (AvgIpc) is 2.67. The molecular formula is C13H20N4O. The number of aliphatic hydroxyl groups excluding tert-OH is 1. The van der Waals surface area contributed by atoms with Crippen molar-refractivity contribution >= 4 is 5.95 Å². The van der Waals surface area contributed by atoms with Crippen LogP contribution in [0.15, 0.2) is 0 Å². The van der Waals surface area contributed by atoms with Crippen LogP contribution in [-0.2, 0) is 5.41 Å². The molecule has 0 spiro atoms. The molecule has 1 heterocycles. The summed E-state index contributed by atoms with van der Waals surface area (Å²) in [6.45, 7) is 7.46. The van der Waals surface area contributed by atoms with Crippen LogP contribution in [0.2, 0.25) is 0 Å². The van der Waals surface area contributed by atoms with Gasteiger partial charge in [-0.1, -0.05) is 20.8 Å². The Morgan fingerprint density at radius 3 is 2.83 bits per heavy atom. The first-order chi connectivity index (χ1) is 8.50. The molecule has 1 saturated carbocycles. The first-order valence-corrected chi connectivity index (χ1v) is 6.60. The van der Waals surface area contributed by atoms with Gasteiger partial charge in [-0.3, -0.25) is 0 Å². The van der Waals surface area contributed by atoms with Gasteiger partial charge in [0, 0.05) is 17.9 Å². The molecule has 0 amide bonds. The highest BCUT2D eigenvalue weighted by Crippen LogP contribution is 2.66. The van der Waals surface area contributed by atoms with Gasteiger partial charge in [-0.25, -0.2) is 4.98 Å². The van der Waals surface area contributed by atoms with Crippen molar-refractivity contribution in [1.82, 2.24) is 15.2 Å². The molecule has 5 nitrogen and oxygen atoms in total. The Hall–Kier alpha value is -1.23. The van der Waals surface area contributed by atoms with E-state index in [1.54, 1.807) is 0 Å². The van der Waals surface area contributed by atoms with E-state index in [0.29, 0.717) is 18.4 Å². The summed E-state index contributed by atoms with van der Waals surface area (Å²) in [7, 11) is 0. The molecule has 18 heavy (non-hydrogen) atoms. The summed E-state index contributed by atoms with van der Waals surface area (Å²) >= 11 is 0. The fourth-order valence-electron chi connectivity index (χ4n) is 3.62. The van der Waals surface area contributed by atoms with Crippen LogP contribution in [0.25, 0.3) is 0 Å². The quantitative estimate of drug-likeness (QED) is 0.847. The third-order valence-corrected chi connectivity index (χ3v) is 5.19. The zero-order valence-electron chi connectivity index (χ0n) is 11.2. The Bertz CT molecular complexity index is 488. The van der Waals surface area contributed by atoms with E-state index in [9.17, 15) is 0 Å². The van der Waals surface area contributed by atoms with E-state index in [1.807, 2.05) is 0 Å². The summed E-state index contributed by atoms with van der Waals surface area (Å²) in [5.74, 6) is 1.02. The SMILES string of the molecule is CC1(C)[C@@H]2CC[C@@]1(C)c1nc(NCCO)nnc12.